The zero-order chi connectivity index (χ0) is 17.5. The minimum Gasteiger partial charge on any atom is -0.402 e. The summed E-state index contributed by atoms with van der Waals surface area (Å²) in [6, 6.07) is 6.31. The third kappa shape index (κ3) is 2.80. The molecular formula is C17H13F3N3O+. The van der Waals surface area contributed by atoms with Crippen molar-refractivity contribution in [2.24, 2.45) is 10.7 Å². The number of nitrogens with one attached hydrogen (secondary N) is 1. The van der Waals surface area contributed by atoms with E-state index in [9.17, 15) is 18.0 Å². The van der Waals surface area contributed by atoms with Gasteiger partial charge in [-0.25, -0.2) is 4.98 Å². The van der Waals surface area contributed by atoms with Crippen LogP contribution in [0.1, 0.15) is 22.8 Å². The summed E-state index contributed by atoms with van der Waals surface area (Å²) >= 11 is 0. The first-order valence-corrected chi connectivity index (χ1v) is 7.06. The highest BCUT2D eigenvalue weighted by molar-refractivity contribution is 6.31. The first-order valence-electron chi connectivity index (χ1n) is 7.06. The highest BCUT2D eigenvalue weighted by Gasteiger charge is 2.41. The lowest BCUT2D eigenvalue weighted by Gasteiger charge is -2.19. The van der Waals surface area contributed by atoms with Gasteiger partial charge in [0.05, 0.1) is 5.39 Å². The van der Waals surface area contributed by atoms with Gasteiger partial charge in [0, 0.05) is 41.2 Å². The third-order valence-electron chi connectivity index (χ3n) is 3.58. The van der Waals surface area contributed by atoms with E-state index in [1.807, 2.05) is 0 Å². The molecule has 0 saturated carbocycles. The quantitative estimate of drug-likeness (QED) is 0.693. The van der Waals surface area contributed by atoms with Crippen LogP contribution in [0.5, 0.6) is 0 Å². The van der Waals surface area contributed by atoms with E-state index in [1.165, 1.54) is 12.3 Å². The fourth-order valence-corrected chi connectivity index (χ4v) is 2.50. The summed E-state index contributed by atoms with van der Waals surface area (Å²) < 4.78 is 38.5. The number of fused-ring (bicyclic) bond motifs is 1. The van der Waals surface area contributed by atoms with Gasteiger partial charge in [0.15, 0.2) is 17.7 Å². The topological polar surface area (TPSA) is 69.6 Å². The van der Waals surface area contributed by atoms with E-state index < -0.39 is 11.9 Å². The molecule has 2 heterocycles. The molecule has 0 saturated heterocycles. The molecule has 1 aromatic carbocycles. The molecule has 3 N–H and O–H groups in total. The highest BCUT2D eigenvalue weighted by Crippen LogP contribution is 2.34. The predicted octanol–water partition coefficient (Wildman–Crippen LogP) is 3.06. The van der Waals surface area contributed by atoms with Crippen LogP contribution in [0.2, 0.25) is 0 Å². The summed E-state index contributed by atoms with van der Waals surface area (Å²) in [5.41, 5.74) is 6.34. The maximum atomic E-state index is 12.8. The number of aromatic amines is 1. The third-order valence-corrected chi connectivity index (χ3v) is 3.58. The summed E-state index contributed by atoms with van der Waals surface area (Å²) in [5.74, 6) is -0.307. The minimum absolute atomic E-state index is 0.0113. The van der Waals surface area contributed by atoms with Gasteiger partial charge < -0.3 is 5.73 Å². The second-order valence-electron chi connectivity index (χ2n) is 5.42. The maximum absolute atomic E-state index is 12.8. The van der Waals surface area contributed by atoms with Crippen molar-refractivity contribution in [1.29, 1.82) is 0 Å². The first-order chi connectivity index (χ1) is 11.3. The number of ketones is 1. The van der Waals surface area contributed by atoms with Crippen LogP contribution in [-0.2, 0) is 0 Å². The first kappa shape index (κ1) is 15.9. The van der Waals surface area contributed by atoms with Crippen LogP contribution in [0.25, 0.3) is 16.5 Å². The van der Waals surface area contributed by atoms with Crippen molar-refractivity contribution in [3.8, 4) is 0 Å². The second-order valence-corrected chi connectivity index (χ2v) is 5.42. The molecule has 2 aromatic rings. The molecule has 122 valence electrons. The molecule has 4 nitrogen and oxygen atoms in total. The van der Waals surface area contributed by atoms with Crippen LogP contribution < -0.4 is 10.7 Å². The Morgan fingerprint density at radius 3 is 2.62 bits per heavy atom. The summed E-state index contributed by atoms with van der Waals surface area (Å²) in [7, 11) is 0. The zero-order valence-corrected chi connectivity index (χ0v) is 12.6. The molecule has 1 aromatic heterocycles. The molecule has 7 heteroatoms. The number of carbonyl (C=O) groups is 1. The summed E-state index contributed by atoms with van der Waals surface area (Å²) in [4.78, 5) is 18.5. The molecule has 0 bridgehead atoms. The van der Waals surface area contributed by atoms with Crippen LogP contribution in [0.4, 0.5) is 13.2 Å². The average molecular weight is 332 g/mol. The standard InChI is InChI=1S/C17H12F3N3O/c1-9(21)6-15(24)11-4-5-22-14-3-2-10(7-12(11)14)13-8-23-16(13)17(18,19)20/h2-8H,21H2,1H3/p+1. The number of nitrogens with two attached hydrogens (primary N) is 1. The van der Waals surface area contributed by atoms with Crippen molar-refractivity contribution in [1.82, 2.24) is 0 Å². The summed E-state index contributed by atoms with van der Waals surface area (Å²) in [6.07, 6.45) is -0.450. The molecule has 0 spiro atoms. The molecule has 0 atom stereocenters. The largest absolute Gasteiger partial charge is 0.434 e. The van der Waals surface area contributed by atoms with Gasteiger partial charge in [-0.2, -0.15) is 13.2 Å². The Balaban J connectivity index is 2.09. The van der Waals surface area contributed by atoms with E-state index in [2.05, 4.69) is 9.98 Å². The Morgan fingerprint density at radius 1 is 1.29 bits per heavy atom. The van der Waals surface area contributed by atoms with Gasteiger partial charge in [0.25, 0.3) is 0 Å². The van der Waals surface area contributed by atoms with Crippen LogP contribution >= 0.6 is 0 Å². The van der Waals surface area contributed by atoms with Crippen molar-refractivity contribution < 1.29 is 22.9 Å². The van der Waals surface area contributed by atoms with Gasteiger partial charge in [0.1, 0.15) is 0 Å². The molecule has 0 unspecified atom stereocenters. The van der Waals surface area contributed by atoms with E-state index in [0.717, 1.165) is 0 Å². The maximum Gasteiger partial charge on any atom is 0.434 e. The molecule has 0 aliphatic carbocycles. The van der Waals surface area contributed by atoms with E-state index in [0.29, 0.717) is 27.7 Å². The number of aliphatic imine (C=N–C) groups is 1. The zero-order valence-electron chi connectivity index (χ0n) is 12.6. The lowest BCUT2D eigenvalue weighted by molar-refractivity contribution is -0.344. The van der Waals surface area contributed by atoms with Crippen molar-refractivity contribution in [3.63, 3.8) is 0 Å². The van der Waals surface area contributed by atoms with Crippen molar-refractivity contribution in [3.05, 3.63) is 59.6 Å². The van der Waals surface area contributed by atoms with Crippen molar-refractivity contribution in [2.45, 2.75) is 13.1 Å². The number of allylic oxidation sites excluding steroid dienone is 3. The number of benzene rings is 1. The van der Waals surface area contributed by atoms with Gasteiger partial charge in [-0.15, -0.1) is 0 Å². The Labute approximate surface area is 135 Å². The van der Waals surface area contributed by atoms with Crippen LogP contribution in [-0.4, -0.2) is 17.7 Å². The lowest BCUT2D eigenvalue weighted by Crippen LogP contribution is -2.27. The number of alkyl halides is 3. The fraction of sp³-hybridized carbons (Fsp3) is 0.118. The number of hydrogen-bond acceptors (Lipinski definition) is 3. The molecule has 0 amide bonds. The number of pyridine rings is 1. The predicted molar refractivity (Wildman–Crippen MR) is 84.2 cm³/mol. The lowest BCUT2D eigenvalue weighted by atomic mass is 9.95. The van der Waals surface area contributed by atoms with Crippen LogP contribution in [0, 0.1) is 0 Å². The Bertz CT molecular complexity index is 936. The second kappa shape index (κ2) is 5.59. The van der Waals surface area contributed by atoms with E-state index >= 15 is 0 Å². The number of carbonyl (C=O) groups excluding carboxylic acids is 1. The number of nitrogens with zero attached hydrogens (tertiary/aromatic N) is 1. The summed E-state index contributed by atoms with van der Waals surface area (Å²) in [5, 5.41) is 0.520. The molecule has 3 rings (SSSR count). The Kier molecular flexibility index (Phi) is 3.71. The number of halogens is 3. The highest BCUT2D eigenvalue weighted by atomic mass is 19.4. The molecule has 1 aliphatic rings. The molecule has 1 aliphatic heterocycles. The van der Waals surface area contributed by atoms with Gasteiger partial charge in [-0.1, -0.05) is 0 Å². The van der Waals surface area contributed by atoms with Gasteiger partial charge in [-0.05, 0) is 24.6 Å². The minimum atomic E-state index is -4.50. The monoisotopic (exact) mass is 332 g/mol. The van der Waals surface area contributed by atoms with Crippen molar-refractivity contribution in [2.75, 3.05) is 0 Å². The normalized spacial score (nSPS) is 14.9. The van der Waals surface area contributed by atoms with Gasteiger partial charge in [-0.3, -0.25) is 9.79 Å². The van der Waals surface area contributed by atoms with Crippen molar-refractivity contribution >= 4 is 28.0 Å². The molecule has 0 radical (unpaired) electrons. The number of hydrogen-bond donors (Lipinski definition) is 1. The molecule has 0 fully saturated rings. The average Bonchev–Trinajstić information content (AvgIpc) is 2.42. The number of rotatable bonds is 3. The van der Waals surface area contributed by atoms with Crippen LogP contribution in [0.15, 0.2) is 53.4 Å². The molecule has 24 heavy (non-hydrogen) atoms. The van der Waals surface area contributed by atoms with Gasteiger partial charge >= 0.3 is 6.18 Å². The molecular weight excluding hydrogens is 319 g/mol. The Hall–Kier alpha value is -2.96. The van der Waals surface area contributed by atoms with E-state index in [-0.39, 0.29) is 11.4 Å². The number of aromatic nitrogens is 1. The van der Waals surface area contributed by atoms with E-state index in [4.69, 9.17) is 5.73 Å². The summed E-state index contributed by atoms with van der Waals surface area (Å²) in [6.45, 7) is 1.59. The SMILES string of the molecule is CC(N)=CC(=O)c1cc[nH+]c2ccc(C3=CN=C3C(F)(F)F)cc12. The van der Waals surface area contributed by atoms with E-state index in [1.54, 1.807) is 37.4 Å². The van der Waals surface area contributed by atoms with Gasteiger partial charge in [0.2, 0.25) is 5.52 Å². The Morgan fingerprint density at radius 2 is 2.04 bits per heavy atom. The fourth-order valence-electron chi connectivity index (χ4n) is 2.50. The van der Waals surface area contributed by atoms with Crippen LogP contribution in [0.3, 0.4) is 0 Å². The smallest absolute Gasteiger partial charge is 0.402 e. The number of H-pyrrole nitrogens is 1.